The summed E-state index contributed by atoms with van der Waals surface area (Å²) in [6.45, 7) is 21.9. The fourth-order valence-corrected chi connectivity index (χ4v) is 14.1. The number of carbonyl (C=O) groups excluding carboxylic acids is 2. The third-order valence-corrected chi connectivity index (χ3v) is 17.4. The van der Waals surface area contributed by atoms with Crippen LogP contribution in [-0.2, 0) is 11.3 Å². The van der Waals surface area contributed by atoms with Crippen LogP contribution >= 0.6 is 0 Å². The van der Waals surface area contributed by atoms with Gasteiger partial charge in [-0.1, -0.05) is 78.0 Å². The Bertz CT molecular complexity index is 1850. The molecule has 0 saturated heterocycles. The largest absolute Gasteiger partial charge is 0.478 e. The molecule has 0 bridgehead atoms. The standard InChI is InChI=1S/C48H66N2O5/c1-29(2)35-17-22-48(43(55)50-28-31-11-9-13-33(25-31)41(52)49-27-30(3)32-12-10-14-34(26-32)42(53)54)24-23-46(7)36(40(35)48)15-16-38-45(6)20-19-39(51)44(4,5)37(45)18-21-47(38,46)8/h9-14,25-26,30,35-40,51H,1,15-24,27-28H2,2-8H3,(H,49,52)(H,50,55)(H,53,54)/t30?,35-,36?,37?,38?,39-,40?,45-,46+,47+,48-/m0/s1. The van der Waals surface area contributed by atoms with Gasteiger partial charge in [0, 0.05) is 18.7 Å². The highest BCUT2D eigenvalue weighted by Crippen LogP contribution is 2.77. The predicted octanol–water partition coefficient (Wildman–Crippen LogP) is 9.55. The normalized spacial score (nSPS) is 38.0. The molecule has 7 rings (SSSR count). The second-order valence-corrected chi connectivity index (χ2v) is 20.1. The highest BCUT2D eigenvalue weighted by atomic mass is 16.4. The van der Waals surface area contributed by atoms with E-state index in [-0.39, 0.29) is 57.0 Å². The molecule has 5 unspecified atom stereocenters. The molecule has 4 N–H and O–H groups in total. The number of allylic oxidation sites excluding steroid dienone is 1. The minimum atomic E-state index is -0.970. The van der Waals surface area contributed by atoms with Crippen molar-refractivity contribution in [1.29, 1.82) is 0 Å². The Kier molecular flexibility index (Phi) is 10.3. The molecule has 55 heavy (non-hydrogen) atoms. The summed E-state index contributed by atoms with van der Waals surface area (Å²) in [6.07, 6.45) is 10.4. The van der Waals surface area contributed by atoms with Crippen molar-refractivity contribution in [2.24, 2.45) is 56.7 Å². The van der Waals surface area contributed by atoms with E-state index in [1.165, 1.54) is 24.8 Å². The van der Waals surface area contributed by atoms with Crippen LogP contribution in [0.5, 0.6) is 0 Å². The zero-order valence-electron chi connectivity index (χ0n) is 34.5. The van der Waals surface area contributed by atoms with Crippen LogP contribution in [-0.4, -0.2) is 40.6 Å². The van der Waals surface area contributed by atoms with Crippen molar-refractivity contribution in [2.45, 2.75) is 131 Å². The number of nitrogens with one attached hydrogen (secondary N) is 2. The molecule has 0 heterocycles. The monoisotopic (exact) mass is 750 g/mol. The van der Waals surface area contributed by atoms with Gasteiger partial charge in [0.1, 0.15) is 0 Å². The van der Waals surface area contributed by atoms with Crippen molar-refractivity contribution < 1.29 is 24.6 Å². The Morgan fingerprint density at radius 3 is 2.27 bits per heavy atom. The van der Waals surface area contributed by atoms with Gasteiger partial charge in [0.25, 0.3) is 5.91 Å². The molecule has 5 fully saturated rings. The molecule has 5 saturated carbocycles. The molecule has 0 spiro atoms. The molecule has 0 radical (unpaired) electrons. The van der Waals surface area contributed by atoms with E-state index in [4.69, 9.17) is 0 Å². The van der Waals surface area contributed by atoms with Crippen molar-refractivity contribution in [2.75, 3.05) is 6.54 Å². The van der Waals surface area contributed by atoms with Crippen molar-refractivity contribution in [3.8, 4) is 0 Å². The number of aliphatic hydroxyl groups excluding tert-OH is 1. The third kappa shape index (κ3) is 6.30. The summed E-state index contributed by atoms with van der Waals surface area (Å²) in [6, 6.07) is 14.3. The van der Waals surface area contributed by atoms with Gasteiger partial charge in [-0.25, -0.2) is 4.79 Å². The van der Waals surface area contributed by atoms with Gasteiger partial charge in [-0.2, -0.15) is 0 Å². The first-order chi connectivity index (χ1) is 25.9. The van der Waals surface area contributed by atoms with Gasteiger partial charge in [0.05, 0.1) is 17.1 Å². The van der Waals surface area contributed by atoms with E-state index in [0.717, 1.165) is 56.1 Å². The SMILES string of the molecule is C=C(C)[C@@H]1CC[C@]2(C(=O)NCc3cccc(C(=O)NCC(C)c4cccc(C(=O)O)c4)c3)CC[C@]3(C)C(CCC4[C@@]5(C)CC[C@H](O)C(C)(C)C5CC[C@]43C)C12. The van der Waals surface area contributed by atoms with Gasteiger partial charge in [-0.05, 0) is 164 Å². The van der Waals surface area contributed by atoms with Crippen molar-refractivity contribution in [3.63, 3.8) is 0 Å². The number of hydrogen-bond acceptors (Lipinski definition) is 4. The molecular formula is C48H66N2O5. The fourth-order valence-electron chi connectivity index (χ4n) is 14.1. The topological polar surface area (TPSA) is 116 Å². The lowest BCUT2D eigenvalue weighted by molar-refractivity contribution is -0.246. The summed E-state index contributed by atoms with van der Waals surface area (Å²) in [7, 11) is 0. The van der Waals surface area contributed by atoms with E-state index in [1.807, 2.05) is 31.2 Å². The molecule has 2 aromatic carbocycles. The molecular weight excluding hydrogens is 685 g/mol. The molecule has 2 aromatic rings. The Balaban J connectivity index is 1.06. The number of rotatable bonds is 9. The molecule has 0 aliphatic heterocycles. The van der Waals surface area contributed by atoms with Crippen LogP contribution in [0.15, 0.2) is 60.7 Å². The molecule has 11 atom stereocenters. The maximum absolute atomic E-state index is 14.7. The van der Waals surface area contributed by atoms with Crippen LogP contribution in [0, 0.1) is 56.7 Å². The van der Waals surface area contributed by atoms with Gasteiger partial charge >= 0.3 is 5.97 Å². The predicted molar refractivity (Wildman–Crippen MR) is 217 cm³/mol. The molecule has 5 aliphatic rings. The first kappa shape index (κ1) is 39.8. The highest BCUT2D eigenvalue weighted by molar-refractivity contribution is 5.94. The number of carboxylic acids is 1. The second kappa shape index (κ2) is 14.2. The van der Waals surface area contributed by atoms with Gasteiger partial charge in [-0.3, -0.25) is 9.59 Å². The number of carbonyl (C=O) groups is 3. The summed E-state index contributed by atoms with van der Waals surface area (Å²) in [5.41, 5.74) is 3.79. The Morgan fingerprint density at radius 1 is 0.818 bits per heavy atom. The van der Waals surface area contributed by atoms with E-state index >= 15 is 0 Å². The minimum absolute atomic E-state index is 0.0612. The smallest absolute Gasteiger partial charge is 0.335 e. The first-order valence-electron chi connectivity index (χ1n) is 21.2. The zero-order valence-corrected chi connectivity index (χ0v) is 34.5. The lowest BCUT2D eigenvalue weighted by Gasteiger charge is -2.72. The average Bonchev–Trinajstić information content (AvgIpc) is 3.56. The molecule has 298 valence electrons. The maximum atomic E-state index is 14.7. The Hall–Kier alpha value is -3.45. The zero-order chi connectivity index (χ0) is 39.7. The van der Waals surface area contributed by atoms with Crippen molar-refractivity contribution in [3.05, 3.63) is 82.9 Å². The summed E-state index contributed by atoms with van der Waals surface area (Å²) < 4.78 is 0. The van der Waals surface area contributed by atoms with Gasteiger partial charge in [0.15, 0.2) is 0 Å². The molecule has 2 amide bonds. The molecule has 0 aromatic heterocycles. The van der Waals surface area contributed by atoms with E-state index in [0.29, 0.717) is 42.3 Å². The fraction of sp³-hybridized carbons (Fsp3) is 0.646. The molecule has 5 aliphatic carbocycles. The van der Waals surface area contributed by atoms with Gasteiger partial charge in [0.2, 0.25) is 5.91 Å². The van der Waals surface area contributed by atoms with E-state index in [1.54, 1.807) is 24.3 Å². The van der Waals surface area contributed by atoms with Crippen LogP contribution in [0.25, 0.3) is 0 Å². The number of aliphatic hydroxyl groups is 1. The molecule has 7 nitrogen and oxygen atoms in total. The number of fused-ring (bicyclic) bond motifs is 7. The van der Waals surface area contributed by atoms with Crippen LogP contribution in [0.4, 0.5) is 0 Å². The average molecular weight is 751 g/mol. The summed E-state index contributed by atoms with van der Waals surface area (Å²) in [5.74, 6) is 1.16. The lowest BCUT2D eigenvalue weighted by atomic mass is 9.32. The number of benzene rings is 2. The first-order valence-corrected chi connectivity index (χ1v) is 21.2. The van der Waals surface area contributed by atoms with Crippen molar-refractivity contribution >= 4 is 17.8 Å². The number of amides is 2. The van der Waals surface area contributed by atoms with Crippen LogP contribution < -0.4 is 10.6 Å². The van der Waals surface area contributed by atoms with Crippen LogP contribution in [0.3, 0.4) is 0 Å². The number of aromatic carboxylic acids is 1. The summed E-state index contributed by atoms with van der Waals surface area (Å²) >= 11 is 0. The Labute approximate surface area is 329 Å². The quantitative estimate of drug-likeness (QED) is 0.191. The minimum Gasteiger partial charge on any atom is -0.478 e. The summed E-state index contributed by atoms with van der Waals surface area (Å²) in [5, 5.41) is 26.9. The van der Waals surface area contributed by atoms with Crippen LogP contribution in [0.1, 0.15) is 150 Å². The van der Waals surface area contributed by atoms with Gasteiger partial charge < -0.3 is 20.8 Å². The summed E-state index contributed by atoms with van der Waals surface area (Å²) in [4.78, 5) is 39.4. The third-order valence-electron chi connectivity index (χ3n) is 17.4. The molecule has 7 heteroatoms. The van der Waals surface area contributed by atoms with Gasteiger partial charge in [-0.15, -0.1) is 0 Å². The van der Waals surface area contributed by atoms with E-state index in [2.05, 4.69) is 58.8 Å². The van der Waals surface area contributed by atoms with Crippen molar-refractivity contribution in [1.82, 2.24) is 10.6 Å². The van der Waals surface area contributed by atoms with E-state index < -0.39 is 11.4 Å². The second-order valence-electron chi connectivity index (χ2n) is 20.1. The number of carboxylic acid groups (broad SMARTS) is 1. The maximum Gasteiger partial charge on any atom is 0.335 e. The number of hydrogen-bond donors (Lipinski definition) is 4. The van der Waals surface area contributed by atoms with Crippen LogP contribution in [0.2, 0.25) is 0 Å². The lowest BCUT2D eigenvalue weighted by Crippen LogP contribution is -2.67. The Morgan fingerprint density at radius 2 is 1.55 bits per heavy atom. The highest BCUT2D eigenvalue weighted by Gasteiger charge is 2.71. The van der Waals surface area contributed by atoms with E-state index in [9.17, 15) is 24.6 Å².